The maximum absolute atomic E-state index is 10.9. The molecular weight excluding hydrogens is 294 g/mol. The van der Waals surface area contributed by atoms with Gasteiger partial charge in [0.15, 0.2) is 0 Å². The van der Waals surface area contributed by atoms with Gasteiger partial charge >= 0.3 is 0 Å². The Balaban J connectivity index is 1.65. The predicted molar refractivity (Wildman–Crippen MR) is 86.3 cm³/mol. The summed E-state index contributed by atoms with van der Waals surface area (Å²) in [5.41, 5.74) is 0.935. The van der Waals surface area contributed by atoms with Crippen molar-refractivity contribution in [2.24, 2.45) is 11.8 Å². The summed E-state index contributed by atoms with van der Waals surface area (Å²) >= 11 is 0. The van der Waals surface area contributed by atoms with E-state index < -0.39 is 4.92 Å². The number of nitro benzene ring substituents is 1. The first-order chi connectivity index (χ1) is 11.2. The molecule has 0 N–H and O–H groups in total. The van der Waals surface area contributed by atoms with Gasteiger partial charge in [0.25, 0.3) is 5.69 Å². The van der Waals surface area contributed by atoms with Crippen LogP contribution < -0.4 is 4.90 Å². The molecule has 0 saturated carbocycles. The van der Waals surface area contributed by atoms with Crippen LogP contribution in [0.1, 0.15) is 31.2 Å². The van der Waals surface area contributed by atoms with Crippen molar-refractivity contribution >= 4 is 11.4 Å². The Labute approximate surface area is 135 Å². The molecule has 0 amide bonds. The van der Waals surface area contributed by atoms with Crippen LogP contribution in [0.15, 0.2) is 18.2 Å². The van der Waals surface area contributed by atoms with Gasteiger partial charge in [0, 0.05) is 38.1 Å². The molecule has 3 rings (SSSR count). The van der Waals surface area contributed by atoms with Gasteiger partial charge in [-0.25, -0.2) is 0 Å². The van der Waals surface area contributed by atoms with Crippen LogP contribution in [0.4, 0.5) is 11.4 Å². The maximum Gasteiger partial charge on any atom is 0.287 e. The maximum atomic E-state index is 10.9. The second-order valence-corrected chi connectivity index (χ2v) is 6.34. The van der Waals surface area contributed by atoms with E-state index in [9.17, 15) is 10.1 Å². The molecule has 0 bridgehead atoms. The lowest BCUT2D eigenvalue weighted by atomic mass is 9.80. The minimum absolute atomic E-state index is 0.117. The van der Waals surface area contributed by atoms with Crippen molar-refractivity contribution < 1.29 is 9.66 Å². The molecule has 2 saturated heterocycles. The zero-order valence-corrected chi connectivity index (χ0v) is 13.1. The Morgan fingerprint density at radius 1 is 1.17 bits per heavy atom. The number of nitriles is 1. The Bertz CT molecular complexity index is 612. The van der Waals surface area contributed by atoms with Gasteiger partial charge in [0.05, 0.1) is 4.92 Å². The van der Waals surface area contributed by atoms with Crippen molar-refractivity contribution in [3.8, 4) is 6.07 Å². The number of nitro groups is 1. The summed E-state index contributed by atoms with van der Waals surface area (Å²) in [5, 5.41) is 20.0. The minimum atomic E-state index is -0.500. The van der Waals surface area contributed by atoms with Gasteiger partial charge in [-0.15, -0.1) is 0 Å². The number of piperidine rings is 1. The molecule has 1 aromatic rings. The summed E-state index contributed by atoms with van der Waals surface area (Å²) in [6.07, 6.45) is 4.62. The van der Waals surface area contributed by atoms with Crippen molar-refractivity contribution in [2.45, 2.75) is 25.7 Å². The van der Waals surface area contributed by atoms with Gasteiger partial charge in [-0.05, 0) is 49.7 Å². The van der Waals surface area contributed by atoms with Crippen molar-refractivity contribution in [3.63, 3.8) is 0 Å². The summed E-state index contributed by atoms with van der Waals surface area (Å²) in [6, 6.07) is 6.78. The molecule has 6 heteroatoms. The standard InChI is InChI=1S/C17H21N3O3/c18-12-15-11-16(1-2-17(15)20(21)22)19-7-3-13(4-8-19)14-5-9-23-10-6-14/h1-2,11,13-14H,3-10H2. The fourth-order valence-electron chi connectivity index (χ4n) is 3.79. The van der Waals surface area contributed by atoms with E-state index in [1.165, 1.54) is 18.9 Å². The number of hydrogen-bond acceptors (Lipinski definition) is 5. The molecule has 0 spiro atoms. The normalized spacial score (nSPS) is 20.2. The van der Waals surface area contributed by atoms with Gasteiger partial charge in [-0.1, -0.05) is 0 Å². The van der Waals surface area contributed by atoms with Gasteiger partial charge in [-0.3, -0.25) is 10.1 Å². The minimum Gasteiger partial charge on any atom is -0.381 e. The monoisotopic (exact) mass is 315 g/mol. The van der Waals surface area contributed by atoms with E-state index in [0.29, 0.717) is 0 Å². The van der Waals surface area contributed by atoms with Crippen LogP contribution in [0.3, 0.4) is 0 Å². The SMILES string of the molecule is N#Cc1cc(N2CCC(C3CCOCC3)CC2)ccc1[N+](=O)[O-]. The lowest BCUT2D eigenvalue weighted by molar-refractivity contribution is -0.385. The third-order valence-electron chi connectivity index (χ3n) is 5.13. The number of nitrogens with zero attached hydrogens (tertiary/aromatic N) is 3. The summed E-state index contributed by atoms with van der Waals surface area (Å²) in [7, 11) is 0. The number of anilines is 1. The summed E-state index contributed by atoms with van der Waals surface area (Å²) < 4.78 is 5.44. The average molecular weight is 315 g/mol. The molecule has 1 aromatic carbocycles. The molecule has 0 aliphatic carbocycles. The Morgan fingerprint density at radius 3 is 2.43 bits per heavy atom. The van der Waals surface area contributed by atoms with Gasteiger partial charge in [0.1, 0.15) is 11.6 Å². The largest absolute Gasteiger partial charge is 0.381 e. The van der Waals surface area contributed by atoms with Gasteiger partial charge < -0.3 is 9.64 Å². The Hall–Kier alpha value is -2.13. The molecule has 2 fully saturated rings. The van der Waals surface area contributed by atoms with Crippen LogP contribution in [0.5, 0.6) is 0 Å². The smallest absolute Gasteiger partial charge is 0.287 e. The van der Waals surface area contributed by atoms with Crippen LogP contribution in [0.25, 0.3) is 0 Å². The predicted octanol–water partition coefficient (Wildman–Crippen LogP) is 3.11. The molecular formula is C17H21N3O3. The lowest BCUT2D eigenvalue weighted by Gasteiger charge is -2.38. The molecule has 2 aliphatic rings. The van der Waals surface area contributed by atoms with Crippen molar-refractivity contribution in [1.29, 1.82) is 5.26 Å². The van der Waals surface area contributed by atoms with Crippen molar-refractivity contribution in [3.05, 3.63) is 33.9 Å². The topological polar surface area (TPSA) is 79.4 Å². The quantitative estimate of drug-likeness (QED) is 0.632. The van der Waals surface area contributed by atoms with Crippen LogP contribution in [-0.4, -0.2) is 31.2 Å². The fraction of sp³-hybridized carbons (Fsp3) is 0.588. The lowest BCUT2D eigenvalue weighted by Crippen LogP contribution is -2.37. The first-order valence-electron chi connectivity index (χ1n) is 8.20. The molecule has 0 aromatic heterocycles. The molecule has 0 atom stereocenters. The number of rotatable bonds is 3. The first kappa shape index (κ1) is 15.8. The first-order valence-corrected chi connectivity index (χ1v) is 8.20. The Morgan fingerprint density at radius 2 is 1.83 bits per heavy atom. The fourth-order valence-corrected chi connectivity index (χ4v) is 3.79. The summed E-state index contributed by atoms with van der Waals surface area (Å²) in [5.74, 6) is 1.53. The van der Waals surface area contributed by atoms with Gasteiger partial charge in [0.2, 0.25) is 0 Å². The highest BCUT2D eigenvalue weighted by Crippen LogP contribution is 2.34. The third-order valence-corrected chi connectivity index (χ3v) is 5.13. The van der Waals surface area contributed by atoms with E-state index >= 15 is 0 Å². The highest BCUT2D eigenvalue weighted by atomic mass is 16.6. The van der Waals surface area contributed by atoms with Crippen LogP contribution in [0, 0.1) is 33.3 Å². The van der Waals surface area contributed by atoms with Crippen LogP contribution >= 0.6 is 0 Å². The van der Waals surface area contributed by atoms with E-state index in [1.807, 2.05) is 6.07 Å². The van der Waals surface area contributed by atoms with E-state index in [4.69, 9.17) is 10.00 Å². The van der Waals surface area contributed by atoms with Crippen molar-refractivity contribution in [2.75, 3.05) is 31.2 Å². The third kappa shape index (κ3) is 3.45. The molecule has 122 valence electrons. The summed E-state index contributed by atoms with van der Waals surface area (Å²) in [4.78, 5) is 12.7. The van der Waals surface area contributed by atoms with Crippen LogP contribution in [0.2, 0.25) is 0 Å². The number of hydrogen-bond donors (Lipinski definition) is 0. The van der Waals surface area contributed by atoms with Gasteiger partial charge in [-0.2, -0.15) is 5.26 Å². The second-order valence-electron chi connectivity index (χ2n) is 6.34. The average Bonchev–Trinajstić information content (AvgIpc) is 2.62. The van der Waals surface area contributed by atoms with E-state index in [0.717, 1.165) is 56.7 Å². The van der Waals surface area contributed by atoms with E-state index in [2.05, 4.69) is 4.90 Å². The zero-order chi connectivity index (χ0) is 16.2. The highest BCUT2D eigenvalue weighted by molar-refractivity contribution is 5.60. The van der Waals surface area contributed by atoms with E-state index in [1.54, 1.807) is 12.1 Å². The van der Waals surface area contributed by atoms with Crippen molar-refractivity contribution in [1.82, 2.24) is 0 Å². The molecule has 23 heavy (non-hydrogen) atoms. The Kier molecular flexibility index (Phi) is 4.77. The molecule has 2 heterocycles. The molecule has 6 nitrogen and oxygen atoms in total. The second kappa shape index (κ2) is 6.97. The zero-order valence-electron chi connectivity index (χ0n) is 13.1. The molecule has 0 radical (unpaired) electrons. The highest BCUT2D eigenvalue weighted by Gasteiger charge is 2.28. The van der Waals surface area contributed by atoms with E-state index in [-0.39, 0.29) is 11.3 Å². The molecule has 0 unspecified atom stereocenters. The summed E-state index contributed by atoms with van der Waals surface area (Å²) in [6.45, 7) is 3.67. The number of ether oxygens (including phenoxy) is 1. The van der Waals surface area contributed by atoms with Crippen LogP contribution in [-0.2, 0) is 4.74 Å². The molecule has 2 aliphatic heterocycles. The number of benzene rings is 1.